The van der Waals surface area contributed by atoms with Gasteiger partial charge in [-0.2, -0.15) is 0 Å². The molecule has 0 spiro atoms. The van der Waals surface area contributed by atoms with Gasteiger partial charge in [0.1, 0.15) is 5.76 Å². The van der Waals surface area contributed by atoms with Crippen molar-refractivity contribution >= 4 is 52.1 Å². The van der Waals surface area contributed by atoms with Crippen molar-refractivity contribution in [1.29, 1.82) is 0 Å². The van der Waals surface area contributed by atoms with Gasteiger partial charge in [-0.25, -0.2) is 4.99 Å². The molecule has 2 saturated heterocycles. The molecule has 1 aromatic carbocycles. The van der Waals surface area contributed by atoms with E-state index in [2.05, 4.69) is 15.2 Å². The number of hydrogen-bond acceptors (Lipinski definition) is 5. The summed E-state index contributed by atoms with van der Waals surface area (Å²) in [4.78, 5) is 19.4. The lowest BCUT2D eigenvalue weighted by molar-refractivity contribution is -0.115. The van der Waals surface area contributed by atoms with Crippen LogP contribution in [0.5, 0.6) is 0 Å². The van der Waals surface area contributed by atoms with E-state index >= 15 is 0 Å². The summed E-state index contributed by atoms with van der Waals surface area (Å²) in [6, 6.07) is 11.0. The minimum absolute atomic E-state index is 0.168. The highest BCUT2D eigenvalue weighted by Crippen LogP contribution is 2.30. The number of furan rings is 1. The molecular formula is C19H18ClN3O2S. The van der Waals surface area contributed by atoms with E-state index in [1.165, 1.54) is 31.0 Å². The molecule has 2 aliphatic rings. The number of nitrogens with one attached hydrogen (secondary N) is 1. The van der Waals surface area contributed by atoms with Crippen molar-refractivity contribution in [1.82, 2.24) is 5.32 Å². The molecule has 3 heterocycles. The third kappa shape index (κ3) is 3.97. The zero-order chi connectivity index (χ0) is 17.9. The molecule has 0 radical (unpaired) electrons. The van der Waals surface area contributed by atoms with Crippen LogP contribution in [0.1, 0.15) is 25.0 Å². The van der Waals surface area contributed by atoms with Gasteiger partial charge in [-0.15, -0.1) is 0 Å². The highest BCUT2D eigenvalue weighted by molar-refractivity contribution is 8.18. The van der Waals surface area contributed by atoms with Crippen molar-refractivity contribution in [3.05, 3.63) is 52.1 Å². The number of nitrogens with zero attached hydrogens (tertiary/aromatic N) is 2. The number of amidine groups is 1. The summed E-state index contributed by atoms with van der Waals surface area (Å²) < 4.78 is 5.90. The average Bonchev–Trinajstić information content (AvgIpc) is 3.25. The molecule has 2 fully saturated rings. The molecule has 0 unspecified atom stereocenters. The Bertz CT molecular complexity index is 867. The Morgan fingerprint density at radius 3 is 2.65 bits per heavy atom. The van der Waals surface area contributed by atoms with Crippen LogP contribution in [-0.2, 0) is 4.79 Å². The fourth-order valence-corrected chi connectivity index (χ4v) is 3.89. The quantitative estimate of drug-likeness (QED) is 0.767. The molecule has 134 valence electrons. The summed E-state index contributed by atoms with van der Waals surface area (Å²) >= 11 is 7.18. The second-order valence-electron chi connectivity index (χ2n) is 6.18. The minimum atomic E-state index is -0.168. The van der Waals surface area contributed by atoms with Crippen LogP contribution in [0.3, 0.4) is 0 Å². The van der Waals surface area contributed by atoms with E-state index in [0.717, 1.165) is 24.7 Å². The molecule has 1 aromatic heterocycles. The number of thioether (sulfide) groups is 1. The molecule has 2 aromatic rings. The lowest BCUT2D eigenvalue weighted by Gasteiger charge is -2.25. The van der Waals surface area contributed by atoms with Gasteiger partial charge in [0.25, 0.3) is 5.91 Å². The summed E-state index contributed by atoms with van der Waals surface area (Å²) in [5, 5.41) is 3.98. The van der Waals surface area contributed by atoms with Crippen molar-refractivity contribution in [2.24, 2.45) is 4.99 Å². The van der Waals surface area contributed by atoms with Gasteiger partial charge in [-0.1, -0.05) is 11.6 Å². The molecule has 26 heavy (non-hydrogen) atoms. The average molecular weight is 388 g/mol. The number of carbonyl (C=O) groups is 1. The van der Waals surface area contributed by atoms with Gasteiger partial charge in [0.15, 0.2) is 11.1 Å². The van der Waals surface area contributed by atoms with Gasteiger partial charge in [0, 0.05) is 30.3 Å². The topological polar surface area (TPSA) is 57.8 Å². The molecule has 0 saturated carbocycles. The third-order valence-corrected chi connectivity index (χ3v) is 5.42. The fraction of sp³-hybridized carbons (Fsp3) is 0.263. The van der Waals surface area contributed by atoms with Crippen LogP contribution < -0.4 is 10.2 Å². The Labute approximate surface area is 161 Å². The molecule has 1 amide bonds. The molecule has 1 N–H and O–H groups in total. The monoisotopic (exact) mass is 387 g/mol. The molecule has 7 heteroatoms. The fourth-order valence-electron chi connectivity index (χ4n) is 2.95. The van der Waals surface area contributed by atoms with E-state index < -0.39 is 0 Å². The highest BCUT2D eigenvalue weighted by atomic mass is 35.5. The van der Waals surface area contributed by atoms with E-state index in [9.17, 15) is 4.79 Å². The third-order valence-electron chi connectivity index (χ3n) is 4.26. The first-order chi connectivity index (χ1) is 12.7. The predicted molar refractivity (Wildman–Crippen MR) is 107 cm³/mol. The molecule has 0 bridgehead atoms. The number of anilines is 1. The van der Waals surface area contributed by atoms with Gasteiger partial charge >= 0.3 is 0 Å². The molecule has 4 rings (SSSR count). The molecule has 0 atom stereocenters. The summed E-state index contributed by atoms with van der Waals surface area (Å²) in [6.07, 6.45) is 5.43. The van der Waals surface area contributed by atoms with Gasteiger partial charge in [0.2, 0.25) is 0 Å². The first kappa shape index (κ1) is 17.2. The van der Waals surface area contributed by atoms with Crippen LogP contribution in [-0.4, -0.2) is 24.2 Å². The Morgan fingerprint density at radius 1 is 1.12 bits per heavy atom. The van der Waals surface area contributed by atoms with Gasteiger partial charge < -0.3 is 14.6 Å². The van der Waals surface area contributed by atoms with Crippen LogP contribution in [0.4, 0.5) is 11.6 Å². The first-order valence-electron chi connectivity index (χ1n) is 8.57. The van der Waals surface area contributed by atoms with Crippen LogP contribution >= 0.6 is 23.4 Å². The summed E-state index contributed by atoms with van der Waals surface area (Å²) in [6.45, 7) is 2.05. The van der Waals surface area contributed by atoms with Gasteiger partial charge in [-0.05, 0) is 61.4 Å². The van der Waals surface area contributed by atoms with Crippen LogP contribution in [0.2, 0.25) is 5.02 Å². The summed E-state index contributed by atoms with van der Waals surface area (Å²) in [7, 11) is 0. The maximum absolute atomic E-state index is 12.2. The van der Waals surface area contributed by atoms with Crippen LogP contribution in [0.15, 0.2) is 50.7 Å². The largest absolute Gasteiger partial charge is 0.441 e. The number of hydrogen-bond donors (Lipinski definition) is 1. The maximum Gasteiger partial charge on any atom is 0.264 e. The summed E-state index contributed by atoms with van der Waals surface area (Å²) in [5.74, 6) is 1.38. The van der Waals surface area contributed by atoms with Gasteiger partial charge in [0.05, 0.1) is 10.6 Å². The zero-order valence-electron chi connectivity index (χ0n) is 14.1. The van der Waals surface area contributed by atoms with Crippen molar-refractivity contribution < 1.29 is 9.21 Å². The van der Waals surface area contributed by atoms with Crippen LogP contribution in [0.25, 0.3) is 6.08 Å². The predicted octanol–water partition coefficient (Wildman–Crippen LogP) is 4.81. The van der Waals surface area contributed by atoms with Crippen molar-refractivity contribution in [3.8, 4) is 0 Å². The zero-order valence-corrected chi connectivity index (χ0v) is 15.6. The van der Waals surface area contributed by atoms with Crippen molar-refractivity contribution in [3.63, 3.8) is 0 Å². The Hall–Kier alpha value is -2.18. The summed E-state index contributed by atoms with van der Waals surface area (Å²) in [5.41, 5.74) is 0.740. The first-order valence-corrected chi connectivity index (χ1v) is 9.77. The highest BCUT2D eigenvalue weighted by Gasteiger charge is 2.24. The smallest absolute Gasteiger partial charge is 0.264 e. The van der Waals surface area contributed by atoms with E-state index in [-0.39, 0.29) is 5.91 Å². The van der Waals surface area contributed by atoms with E-state index in [1.54, 1.807) is 30.3 Å². The molecule has 0 aliphatic carbocycles. The van der Waals surface area contributed by atoms with Crippen LogP contribution in [0, 0.1) is 0 Å². The minimum Gasteiger partial charge on any atom is -0.441 e. The van der Waals surface area contributed by atoms with E-state index in [1.807, 2.05) is 12.1 Å². The van der Waals surface area contributed by atoms with Crippen molar-refractivity contribution in [2.45, 2.75) is 19.3 Å². The molecular weight excluding hydrogens is 370 g/mol. The second kappa shape index (κ2) is 7.60. The van der Waals surface area contributed by atoms with E-state index in [0.29, 0.717) is 20.9 Å². The Balaban J connectivity index is 1.48. The Morgan fingerprint density at radius 2 is 1.88 bits per heavy atom. The standard InChI is InChI=1S/C19H18ClN3O2S/c20-13-4-6-14(7-5-13)21-19-22-18(24)16(26-19)12-15-8-9-17(25-15)23-10-2-1-3-11-23/h4-9,12H,1-3,10-11H2,(H,21,22,24)/b16-12-. The number of benzene rings is 1. The number of amides is 1. The lowest BCUT2D eigenvalue weighted by Crippen LogP contribution is -2.28. The number of carbonyl (C=O) groups excluding carboxylic acids is 1. The number of piperidine rings is 1. The lowest BCUT2D eigenvalue weighted by atomic mass is 10.1. The SMILES string of the molecule is O=C1NC(=Nc2ccc(Cl)cc2)S/C1=C\c1ccc(N2CCCCC2)o1. The van der Waals surface area contributed by atoms with E-state index in [4.69, 9.17) is 16.0 Å². The number of rotatable bonds is 3. The number of halogens is 1. The van der Waals surface area contributed by atoms with Gasteiger partial charge in [-0.3, -0.25) is 4.79 Å². The maximum atomic E-state index is 12.2. The number of aliphatic imine (C=N–C) groups is 1. The molecule has 5 nitrogen and oxygen atoms in total. The normalized spacial score (nSPS) is 20.8. The van der Waals surface area contributed by atoms with Crippen molar-refractivity contribution in [2.75, 3.05) is 18.0 Å². The Kier molecular flexibility index (Phi) is 5.04. The molecule has 2 aliphatic heterocycles. The second-order valence-corrected chi connectivity index (χ2v) is 7.65.